The Hall–Kier alpha value is -2.29. The summed E-state index contributed by atoms with van der Waals surface area (Å²) in [5.74, 6) is -1.13. The van der Waals surface area contributed by atoms with Gasteiger partial charge in [-0.15, -0.1) is 0 Å². The molecule has 6 nitrogen and oxygen atoms in total. The molecule has 0 bridgehead atoms. The van der Waals surface area contributed by atoms with Gasteiger partial charge >= 0.3 is 5.97 Å². The van der Waals surface area contributed by atoms with Gasteiger partial charge in [-0.3, -0.25) is 0 Å². The summed E-state index contributed by atoms with van der Waals surface area (Å²) in [6.07, 6.45) is 3.26. The normalized spacial score (nSPS) is 19.6. The molecule has 0 saturated carbocycles. The van der Waals surface area contributed by atoms with Crippen molar-refractivity contribution in [3.63, 3.8) is 0 Å². The molecule has 1 fully saturated rings. The molecule has 1 saturated heterocycles. The maximum atomic E-state index is 12.0. The number of benzene rings is 2. The van der Waals surface area contributed by atoms with E-state index in [1.807, 2.05) is 50.2 Å². The van der Waals surface area contributed by atoms with Crippen LogP contribution in [-0.4, -0.2) is 56.7 Å². The van der Waals surface area contributed by atoms with Crippen LogP contribution in [-0.2, 0) is 23.4 Å². The first kappa shape index (κ1) is 29.3. The highest BCUT2D eigenvalue weighted by atomic mass is 28.4. The monoisotopic (exact) mass is 526 g/mol. The average Bonchev–Trinajstić information content (AvgIpc) is 3.17. The molecule has 1 N–H and O–H groups in total. The Morgan fingerprint density at radius 3 is 2.11 bits per heavy atom. The van der Waals surface area contributed by atoms with E-state index in [0.717, 1.165) is 10.4 Å². The van der Waals surface area contributed by atoms with Crippen LogP contribution in [0.3, 0.4) is 0 Å². The second kappa shape index (κ2) is 12.0. The van der Waals surface area contributed by atoms with Crippen LogP contribution in [0.4, 0.5) is 0 Å². The van der Waals surface area contributed by atoms with Crippen LogP contribution >= 0.6 is 0 Å². The lowest BCUT2D eigenvalue weighted by Crippen LogP contribution is -2.67. The molecule has 1 aliphatic heterocycles. The smallest absolute Gasteiger partial charge is 0.330 e. The highest BCUT2D eigenvalue weighted by Gasteiger charge is 2.51. The summed E-state index contributed by atoms with van der Waals surface area (Å²) in [4.78, 5) is 11.9. The molecule has 7 heteroatoms. The van der Waals surface area contributed by atoms with Crippen LogP contribution in [0.15, 0.2) is 72.8 Å². The number of hydrogen-bond donors (Lipinski definition) is 1. The zero-order valence-corrected chi connectivity index (χ0v) is 24.0. The third-order valence-corrected chi connectivity index (χ3v) is 11.7. The Bertz CT molecular complexity index is 992. The van der Waals surface area contributed by atoms with Gasteiger partial charge in [-0.25, -0.2) is 4.79 Å². The number of carbonyl (C=O) groups excluding carboxylic acids is 1. The minimum absolute atomic E-state index is 0.0771. The van der Waals surface area contributed by atoms with Crippen LogP contribution in [0.1, 0.15) is 54.4 Å². The zero-order valence-electron chi connectivity index (χ0n) is 23.0. The Balaban J connectivity index is 1.97. The fourth-order valence-electron chi connectivity index (χ4n) is 5.06. The summed E-state index contributed by atoms with van der Waals surface area (Å²) in [6, 6.07) is 20.7. The van der Waals surface area contributed by atoms with Gasteiger partial charge in [0, 0.05) is 12.5 Å². The molecule has 202 valence electrons. The number of carbonyl (C=O) groups is 1. The molecule has 1 heterocycles. The van der Waals surface area contributed by atoms with Crippen molar-refractivity contribution >= 4 is 24.7 Å². The summed E-state index contributed by atoms with van der Waals surface area (Å²) in [5.41, 5.74) is -1.29. The van der Waals surface area contributed by atoms with Crippen LogP contribution in [0.2, 0.25) is 5.04 Å². The van der Waals surface area contributed by atoms with Gasteiger partial charge in [0.05, 0.1) is 31.5 Å². The molecule has 0 aliphatic carbocycles. The van der Waals surface area contributed by atoms with Crippen molar-refractivity contribution in [2.24, 2.45) is 0 Å². The molecule has 37 heavy (non-hydrogen) atoms. The lowest BCUT2D eigenvalue weighted by molar-refractivity contribution is -0.147. The van der Waals surface area contributed by atoms with Crippen molar-refractivity contribution in [3.05, 3.63) is 72.8 Å². The first-order chi connectivity index (χ1) is 17.4. The van der Waals surface area contributed by atoms with Crippen molar-refractivity contribution in [1.82, 2.24) is 0 Å². The molecule has 0 amide bonds. The van der Waals surface area contributed by atoms with E-state index in [2.05, 4.69) is 45.0 Å². The Morgan fingerprint density at radius 1 is 1.08 bits per heavy atom. The van der Waals surface area contributed by atoms with Gasteiger partial charge in [0.1, 0.15) is 0 Å². The zero-order chi connectivity index (χ0) is 27.2. The molecule has 3 rings (SSSR count). The topological polar surface area (TPSA) is 74.2 Å². The minimum atomic E-state index is -2.86. The van der Waals surface area contributed by atoms with Crippen molar-refractivity contribution < 1.29 is 28.5 Å². The van der Waals surface area contributed by atoms with Crippen LogP contribution in [0.25, 0.3) is 0 Å². The van der Waals surface area contributed by atoms with Crippen LogP contribution < -0.4 is 10.4 Å². The van der Waals surface area contributed by atoms with Gasteiger partial charge in [-0.2, -0.15) is 0 Å². The Kier molecular flexibility index (Phi) is 9.53. The molecule has 0 radical (unpaired) electrons. The largest absolute Gasteiger partial charge is 0.463 e. The second-order valence-corrected chi connectivity index (χ2v) is 15.5. The van der Waals surface area contributed by atoms with E-state index in [9.17, 15) is 9.90 Å². The van der Waals surface area contributed by atoms with Gasteiger partial charge in [-0.1, -0.05) is 87.5 Å². The van der Waals surface area contributed by atoms with E-state index in [-0.39, 0.29) is 24.2 Å². The average molecular weight is 527 g/mol. The number of esters is 1. The summed E-state index contributed by atoms with van der Waals surface area (Å²) in [7, 11) is -2.86. The lowest BCUT2D eigenvalue weighted by Gasteiger charge is -2.45. The quantitative estimate of drug-likeness (QED) is 0.267. The summed E-state index contributed by atoms with van der Waals surface area (Å²) in [5, 5.41) is 14.0. The summed E-state index contributed by atoms with van der Waals surface area (Å²) < 4.78 is 23.8. The maximum Gasteiger partial charge on any atom is 0.330 e. The predicted octanol–water partition coefficient (Wildman–Crippen LogP) is 4.35. The standard InChI is InChI=1S/C30H42O6Si/c1-7-33-27(31)19-14-20-30(32,21-24-22-34-29(5,6)36-24)23-35-37(28(2,3)4,25-15-10-8-11-16-25)26-17-12-9-13-18-26/h8-19,24,32H,7,20-23H2,1-6H3/b19-14+/t24-,30+/m1/s1. The molecule has 0 spiro atoms. The third-order valence-electron chi connectivity index (χ3n) is 6.69. The SMILES string of the molecule is CCOC(=O)/C=C/C[C@@](O)(CO[Si](c1ccccc1)(c1ccccc1)C(C)(C)C)C[C@@H]1COC(C)(C)O1. The van der Waals surface area contributed by atoms with E-state index in [0.29, 0.717) is 19.6 Å². The third kappa shape index (κ3) is 7.39. The van der Waals surface area contributed by atoms with E-state index in [4.69, 9.17) is 18.6 Å². The van der Waals surface area contributed by atoms with Crippen molar-refractivity contribution in [1.29, 1.82) is 0 Å². The van der Waals surface area contributed by atoms with Gasteiger partial charge in [-0.05, 0) is 42.6 Å². The second-order valence-electron chi connectivity index (χ2n) is 11.2. The van der Waals surface area contributed by atoms with Crippen LogP contribution in [0, 0.1) is 0 Å². The highest BCUT2D eigenvalue weighted by molar-refractivity contribution is 6.99. The van der Waals surface area contributed by atoms with E-state index < -0.39 is 25.7 Å². The molecule has 2 aromatic rings. The van der Waals surface area contributed by atoms with Crippen molar-refractivity contribution in [3.8, 4) is 0 Å². The van der Waals surface area contributed by atoms with E-state index >= 15 is 0 Å². The Morgan fingerprint density at radius 2 is 1.65 bits per heavy atom. The fraction of sp³-hybridized carbons (Fsp3) is 0.500. The predicted molar refractivity (Wildman–Crippen MR) is 148 cm³/mol. The molecular formula is C30H42O6Si. The molecule has 0 aromatic heterocycles. The molecule has 2 atom stereocenters. The first-order valence-corrected chi connectivity index (χ1v) is 14.9. The first-order valence-electron chi connectivity index (χ1n) is 13.0. The van der Waals surface area contributed by atoms with E-state index in [1.165, 1.54) is 6.08 Å². The van der Waals surface area contributed by atoms with E-state index in [1.54, 1.807) is 13.0 Å². The number of hydrogen-bond acceptors (Lipinski definition) is 6. The molecule has 0 unspecified atom stereocenters. The number of aliphatic hydroxyl groups is 1. The van der Waals surface area contributed by atoms with Gasteiger partial charge in [0.25, 0.3) is 8.32 Å². The van der Waals surface area contributed by atoms with Gasteiger partial charge in [0.2, 0.25) is 0 Å². The van der Waals surface area contributed by atoms with Crippen molar-refractivity contribution in [2.75, 3.05) is 19.8 Å². The summed E-state index contributed by atoms with van der Waals surface area (Å²) >= 11 is 0. The van der Waals surface area contributed by atoms with Crippen LogP contribution in [0.5, 0.6) is 0 Å². The Labute approximate surface area is 222 Å². The number of rotatable bonds is 11. The minimum Gasteiger partial charge on any atom is -0.463 e. The van der Waals surface area contributed by atoms with Crippen molar-refractivity contribution in [2.45, 2.75) is 76.9 Å². The van der Waals surface area contributed by atoms with Gasteiger partial charge < -0.3 is 23.7 Å². The maximum absolute atomic E-state index is 12.0. The lowest BCUT2D eigenvalue weighted by atomic mass is 9.93. The van der Waals surface area contributed by atoms with Gasteiger partial charge in [0.15, 0.2) is 5.79 Å². The number of ether oxygens (including phenoxy) is 3. The molecule has 1 aliphatic rings. The highest BCUT2D eigenvalue weighted by Crippen LogP contribution is 2.38. The fourth-order valence-corrected chi connectivity index (χ4v) is 9.70. The molecule has 2 aromatic carbocycles. The summed E-state index contributed by atoms with van der Waals surface area (Å²) in [6.45, 7) is 12.9. The molecular weight excluding hydrogens is 484 g/mol.